The van der Waals surface area contributed by atoms with Crippen LogP contribution < -0.4 is 10.9 Å². The normalized spacial score (nSPS) is 15.6. The summed E-state index contributed by atoms with van der Waals surface area (Å²) in [4.78, 5) is 24.2. The molecule has 1 N–H and O–H groups in total. The highest BCUT2D eigenvalue weighted by molar-refractivity contribution is 9.10. The maximum absolute atomic E-state index is 12.5. The molecule has 0 saturated carbocycles. The molecule has 30 heavy (non-hydrogen) atoms. The van der Waals surface area contributed by atoms with E-state index in [2.05, 4.69) is 67.3 Å². The molecule has 1 aliphatic rings. The molecule has 0 amide bonds. The van der Waals surface area contributed by atoms with Gasteiger partial charge in [0, 0.05) is 17.6 Å². The highest BCUT2D eigenvalue weighted by Gasteiger charge is 2.19. The minimum atomic E-state index is -0.0764. The molecule has 2 aromatic heterocycles. The Hall–Kier alpha value is -2.25. The molecule has 0 radical (unpaired) electrons. The molecule has 1 aromatic carbocycles. The third kappa shape index (κ3) is 4.14. The Labute approximate surface area is 185 Å². The van der Waals surface area contributed by atoms with Crippen molar-refractivity contribution in [2.75, 3.05) is 25.0 Å². The Balaban J connectivity index is 1.57. The molecular formula is C23H28BrN5O. The zero-order valence-electron chi connectivity index (χ0n) is 17.8. The average Bonchev–Trinajstić information content (AvgIpc) is 2.76. The summed E-state index contributed by atoms with van der Waals surface area (Å²) in [7, 11) is 0. The SMILES string of the molecule is CCN1CCC(c2ccc(Nc3nc(C)c4cc(Br)c(=O)n(CC)c4n3)cc2)CC1. The number of rotatable bonds is 5. The van der Waals surface area contributed by atoms with E-state index in [1.54, 1.807) is 4.57 Å². The van der Waals surface area contributed by atoms with E-state index in [1.807, 2.05) is 19.9 Å². The second kappa shape index (κ2) is 8.86. The standard InChI is InChI=1S/C23H28BrN5O/c1-4-28-12-10-17(11-13-28)16-6-8-18(9-7-16)26-23-25-15(3)19-14-20(24)22(30)29(5-2)21(19)27-23/h6-9,14,17H,4-5,10-13H2,1-3H3,(H,25,26,27). The number of likely N-dealkylation sites (tertiary alicyclic amines) is 1. The van der Waals surface area contributed by atoms with Gasteiger partial charge < -0.3 is 10.2 Å². The Kier molecular flexibility index (Phi) is 6.20. The van der Waals surface area contributed by atoms with E-state index < -0.39 is 0 Å². The number of benzene rings is 1. The van der Waals surface area contributed by atoms with Crippen LogP contribution in [-0.2, 0) is 6.54 Å². The highest BCUT2D eigenvalue weighted by atomic mass is 79.9. The molecule has 0 spiro atoms. The van der Waals surface area contributed by atoms with E-state index >= 15 is 0 Å². The van der Waals surface area contributed by atoms with Gasteiger partial charge in [-0.3, -0.25) is 9.36 Å². The smallest absolute Gasteiger partial charge is 0.266 e. The number of anilines is 2. The van der Waals surface area contributed by atoms with Gasteiger partial charge in [0.15, 0.2) is 0 Å². The zero-order valence-corrected chi connectivity index (χ0v) is 19.4. The third-order valence-electron chi connectivity index (χ3n) is 6.08. The lowest BCUT2D eigenvalue weighted by Crippen LogP contribution is -2.32. The Bertz CT molecular complexity index is 1100. The van der Waals surface area contributed by atoms with Gasteiger partial charge >= 0.3 is 0 Å². The largest absolute Gasteiger partial charge is 0.324 e. The second-order valence-electron chi connectivity index (χ2n) is 7.87. The topological polar surface area (TPSA) is 63.1 Å². The first-order chi connectivity index (χ1) is 14.5. The van der Waals surface area contributed by atoms with Gasteiger partial charge in [-0.15, -0.1) is 0 Å². The van der Waals surface area contributed by atoms with Gasteiger partial charge in [-0.05, 0) is 91.9 Å². The molecule has 0 aliphatic carbocycles. The van der Waals surface area contributed by atoms with Gasteiger partial charge in [-0.2, -0.15) is 4.98 Å². The fraction of sp³-hybridized carbons (Fsp3) is 0.435. The van der Waals surface area contributed by atoms with Gasteiger partial charge in [-0.1, -0.05) is 19.1 Å². The molecule has 4 rings (SSSR count). The Morgan fingerprint density at radius 2 is 1.80 bits per heavy atom. The van der Waals surface area contributed by atoms with Crippen molar-refractivity contribution >= 4 is 38.6 Å². The van der Waals surface area contributed by atoms with E-state index in [9.17, 15) is 4.79 Å². The number of hydrogen-bond acceptors (Lipinski definition) is 5. The minimum Gasteiger partial charge on any atom is -0.324 e. The highest BCUT2D eigenvalue weighted by Crippen LogP contribution is 2.29. The number of aryl methyl sites for hydroxylation is 2. The van der Waals surface area contributed by atoms with Gasteiger partial charge in [0.2, 0.25) is 5.95 Å². The number of nitrogens with one attached hydrogen (secondary N) is 1. The minimum absolute atomic E-state index is 0.0764. The summed E-state index contributed by atoms with van der Waals surface area (Å²) in [5.74, 6) is 1.14. The zero-order chi connectivity index (χ0) is 21.3. The van der Waals surface area contributed by atoms with Crippen LogP contribution in [0.15, 0.2) is 39.6 Å². The molecule has 1 fully saturated rings. The monoisotopic (exact) mass is 469 g/mol. The van der Waals surface area contributed by atoms with Gasteiger partial charge in [0.05, 0.1) is 10.2 Å². The summed E-state index contributed by atoms with van der Waals surface area (Å²) in [5.41, 5.74) is 3.76. The van der Waals surface area contributed by atoms with Crippen molar-refractivity contribution in [3.05, 3.63) is 56.4 Å². The fourth-order valence-corrected chi connectivity index (χ4v) is 4.70. The van der Waals surface area contributed by atoms with Crippen LogP contribution in [0.5, 0.6) is 0 Å². The van der Waals surface area contributed by atoms with Crippen LogP contribution in [0.3, 0.4) is 0 Å². The van der Waals surface area contributed by atoms with Crippen molar-refractivity contribution in [1.82, 2.24) is 19.4 Å². The fourth-order valence-electron chi connectivity index (χ4n) is 4.25. The van der Waals surface area contributed by atoms with E-state index in [-0.39, 0.29) is 5.56 Å². The van der Waals surface area contributed by atoms with Crippen LogP contribution in [0.4, 0.5) is 11.6 Å². The number of fused-ring (bicyclic) bond motifs is 1. The molecule has 3 heterocycles. The molecule has 158 valence electrons. The van der Waals surface area contributed by atoms with Crippen molar-refractivity contribution in [3.8, 4) is 0 Å². The lowest BCUT2D eigenvalue weighted by molar-refractivity contribution is 0.222. The second-order valence-corrected chi connectivity index (χ2v) is 8.72. The van der Waals surface area contributed by atoms with Crippen molar-refractivity contribution in [3.63, 3.8) is 0 Å². The number of hydrogen-bond donors (Lipinski definition) is 1. The summed E-state index contributed by atoms with van der Waals surface area (Å²) in [6.45, 7) is 10.2. The van der Waals surface area contributed by atoms with Crippen LogP contribution in [0.1, 0.15) is 43.9 Å². The predicted octanol–water partition coefficient (Wildman–Crippen LogP) is 4.83. The van der Waals surface area contributed by atoms with Crippen LogP contribution in [0.25, 0.3) is 11.0 Å². The summed E-state index contributed by atoms with van der Waals surface area (Å²) in [6.07, 6.45) is 2.44. The Morgan fingerprint density at radius 1 is 1.10 bits per heavy atom. The number of aromatic nitrogens is 3. The van der Waals surface area contributed by atoms with Crippen LogP contribution in [0, 0.1) is 6.92 Å². The third-order valence-corrected chi connectivity index (χ3v) is 6.65. The number of nitrogens with zero attached hydrogens (tertiary/aromatic N) is 4. The first-order valence-electron chi connectivity index (χ1n) is 10.7. The predicted molar refractivity (Wildman–Crippen MR) is 126 cm³/mol. The first-order valence-corrected chi connectivity index (χ1v) is 11.5. The van der Waals surface area contributed by atoms with E-state index in [0.717, 1.165) is 23.3 Å². The molecule has 6 nitrogen and oxygen atoms in total. The molecule has 0 atom stereocenters. The maximum Gasteiger partial charge on any atom is 0.266 e. The van der Waals surface area contributed by atoms with E-state index in [1.165, 1.54) is 31.5 Å². The molecule has 1 saturated heterocycles. The van der Waals surface area contributed by atoms with Crippen LogP contribution in [-0.4, -0.2) is 39.1 Å². The average molecular weight is 470 g/mol. The summed E-state index contributed by atoms with van der Waals surface area (Å²) in [6, 6.07) is 10.4. The molecular weight excluding hydrogens is 442 g/mol. The molecule has 0 unspecified atom stereocenters. The first kappa shape index (κ1) is 21.0. The lowest BCUT2D eigenvalue weighted by atomic mass is 9.89. The maximum atomic E-state index is 12.5. The van der Waals surface area contributed by atoms with Crippen molar-refractivity contribution in [2.45, 2.75) is 46.1 Å². The summed E-state index contributed by atoms with van der Waals surface area (Å²) < 4.78 is 2.20. The van der Waals surface area contributed by atoms with Gasteiger partial charge in [-0.25, -0.2) is 4.98 Å². The van der Waals surface area contributed by atoms with Gasteiger partial charge in [0.25, 0.3) is 5.56 Å². The molecule has 1 aliphatic heterocycles. The number of piperidine rings is 1. The van der Waals surface area contributed by atoms with Crippen molar-refractivity contribution in [1.29, 1.82) is 0 Å². The van der Waals surface area contributed by atoms with Crippen molar-refractivity contribution in [2.24, 2.45) is 0 Å². The Morgan fingerprint density at radius 3 is 2.43 bits per heavy atom. The number of pyridine rings is 1. The van der Waals surface area contributed by atoms with E-state index in [0.29, 0.717) is 28.5 Å². The summed E-state index contributed by atoms with van der Waals surface area (Å²) in [5, 5.41) is 4.19. The van der Waals surface area contributed by atoms with Gasteiger partial charge in [0.1, 0.15) is 5.65 Å². The lowest BCUT2D eigenvalue weighted by Gasteiger charge is -2.31. The van der Waals surface area contributed by atoms with Crippen LogP contribution in [0.2, 0.25) is 0 Å². The molecule has 3 aromatic rings. The molecule has 7 heteroatoms. The molecule has 0 bridgehead atoms. The van der Waals surface area contributed by atoms with E-state index in [4.69, 9.17) is 0 Å². The summed E-state index contributed by atoms with van der Waals surface area (Å²) >= 11 is 3.35. The van der Waals surface area contributed by atoms with Crippen molar-refractivity contribution < 1.29 is 0 Å². The quantitative estimate of drug-likeness (QED) is 0.579. The van der Waals surface area contributed by atoms with Crippen LogP contribution >= 0.6 is 15.9 Å². The number of halogens is 1.